The van der Waals surface area contributed by atoms with E-state index in [0.717, 1.165) is 21.4 Å². The Bertz CT molecular complexity index is 722. The second kappa shape index (κ2) is 5.25. The quantitative estimate of drug-likeness (QED) is 0.695. The first-order valence-corrected chi connectivity index (χ1v) is 7.32. The Hall–Kier alpha value is -1.87. The summed E-state index contributed by atoms with van der Waals surface area (Å²) in [5.41, 5.74) is 6.86. The fraction of sp³-hybridized carbons (Fsp3) is 0.118. The lowest BCUT2D eigenvalue weighted by Gasteiger charge is -2.08. The van der Waals surface area contributed by atoms with Crippen LogP contribution in [0.3, 0.4) is 0 Å². The number of rotatable bonds is 2. The molecule has 1 heterocycles. The van der Waals surface area contributed by atoms with E-state index < -0.39 is 0 Å². The van der Waals surface area contributed by atoms with Crippen molar-refractivity contribution in [2.75, 3.05) is 0 Å². The standard InChI is InChI=1S/C17H15BrN2/c1-11-8-14(18)9-12(2)17(11)16-10-15(19-20-16)13-6-4-3-5-7-13/h3-10H,1-2H3,(H,19,20). The Labute approximate surface area is 127 Å². The molecule has 3 aromatic rings. The van der Waals surface area contributed by atoms with Crippen molar-refractivity contribution in [2.24, 2.45) is 0 Å². The van der Waals surface area contributed by atoms with Gasteiger partial charge in [-0.2, -0.15) is 5.10 Å². The van der Waals surface area contributed by atoms with Crippen LogP contribution in [0.2, 0.25) is 0 Å². The number of nitrogens with zero attached hydrogens (tertiary/aromatic N) is 1. The lowest BCUT2D eigenvalue weighted by atomic mass is 9.99. The number of hydrogen-bond acceptors (Lipinski definition) is 1. The van der Waals surface area contributed by atoms with Crippen LogP contribution in [0.1, 0.15) is 11.1 Å². The van der Waals surface area contributed by atoms with Gasteiger partial charge < -0.3 is 0 Å². The summed E-state index contributed by atoms with van der Waals surface area (Å²) >= 11 is 3.54. The Kier molecular flexibility index (Phi) is 3.45. The minimum atomic E-state index is 0.974. The Morgan fingerprint density at radius 1 is 0.950 bits per heavy atom. The summed E-state index contributed by atoms with van der Waals surface area (Å²) in [5.74, 6) is 0. The highest BCUT2D eigenvalue weighted by molar-refractivity contribution is 9.10. The molecule has 0 unspecified atom stereocenters. The summed E-state index contributed by atoms with van der Waals surface area (Å²) < 4.78 is 1.11. The molecule has 2 aromatic carbocycles. The van der Waals surface area contributed by atoms with Crippen LogP contribution in [-0.4, -0.2) is 10.2 Å². The van der Waals surface area contributed by atoms with E-state index in [0.29, 0.717) is 0 Å². The smallest absolute Gasteiger partial charge is 0.0927 e. The maximum Gasteiger partial charge on any atom is 0.0927 e. The Balaban J connectivity index is 2.07. The molecule has 0 fully saturated rings. The van der Waals surface area contributed by atoms with E-state index in [2.05, 4.69) is 70.3 Å². The maximum atomic E-state index is 4.43. The molecular formula is C17H15BrN2. The van der Waals surface area contributed by atoms with Crippen LogP contribution in [0, 0.1) is 13.8 Å². The average molecular weight is 327 g/mol. The number of aromatic amines is 1. The van der Waals surface area contributed by atoms with Crippen molar-refractivity contribution in [3.63, 3.8) is 0 Å². The molecule has 1 N–H and O–H groups in total. The van der Waals surface area contributed by atoms with Gasteiger partial charge in [0, 0.05) is 15.6 Å². The van der Waals surface area contributed by atoms with Crippen LogP contribution in [0.5, 0.6) is 0 Å². The van der Waals surface area contributed by atoms with Gasteiger partial charge in [0.2, 0.25) is 0 Å². The van der Waals surface area contributed by atoms with Crippen molar-refractivity contribution in [3.8, 4) is 22.5 Å². The first-order chi connectivity index (χ1) is 9.65. The molecule has 3 heteroatoms. The molecule has 0 radical (unpaired) electrons. The second-order valence-corrected chi connectivity index (χ2v) is 5.86. The van der Waals surface area contributed by atoms with Gasteiger partial charge in [-0.1, -0.05) is 46.3 Å². The van der Waals surface area contributed by atoms with E-state index >= 15 is 0 Å². The van der Waals surface area contributed by atoms with Gasteiger partial charge >= 0.3 is 0 Å². The van der Waals surface area contributed by atoms with Gasteiger partial charge in [0.25, 0.3) is 0 Å². The van der Waals surface area contributed by atoms with Crippen LogP contribution >= 0.6 is 15.9 Å². The maximum absolute atomic E-state index is 4.43. The third-order valence-electron chi connectivity index (χ3n) is 3.41. The molecule has 1 aromatic heterocycles. The molecule has 3 rings (SSSR count). The number of benzene rings is 2. The number of aryl methyl sites for hydroxylation is 2. The van der Waals surface area contributed by atoms with Crippen molar-refractivity contribution in [3.05, 3.63) is 64.1 Å². The number of aromatic nitrogens is 2. The van der Waals surface area contributed by atoms with E-state index in [4.69, 9.17) is 0 Å². The molecule has 0 bridgehead atoms. The molecule has 0 aliphatic heterocycles. The number of nitrogens with one attached hydrogen (secondary N) is 1. The average Bonchev–Trinajstić information content (AvgIpc) is 2.88. The zero-order valence-corrected chi connectivity index (χ0v) is 13.0. The molecule has 100 valence electrons. The summed E-state index contributed by atoms with van der Waals surface area (Å²) in [7, 11) is 0. The predicted molar refractivity (Wildman–Crippen MR) is 86.6 cm³/mol. The Morgan fingerprint density at radius 2 is 1.60 bits per heavy atom. The summed E-state index contributed by atoms with van der Waals surface area (Å²) in [6.45, 7) is 4.24. The summed E-state index contributed by atoms with van der Waals surface area (Å²) in [4.78, 5) is 0. The van der Waals surface area contributed by atoms with Gasteiger partial charge in [-0.3, -0.25) is 5.10 Å². The molecule has 0 aliphatic rings. The van der Waals surface area contributed by atoms with Crippen molar-refractivity contribution in [1.82, 2.24) is 10.2 Å². The lowest BCUT2D eigenvalue weighted by Crippen LogP contribution is -1.88. The third kappa shape index (κ3) is 2.41. The van der Waals surface area contributed by atoms with E-state index in [-0.39, 0.29) is 0 Å². The fourth-order valence-electron chi connectivity index (χ4n) is 2.54. The normalized spacial score (nSPS) is 10.8. The highest BCUT2D eigenvalue weighted by atomic mass is 79.9. The SMILES string of the molecule is Cc1cc(Br)cc(C)c1-c1cc(-c2ccccc2)n[nH]1. The van der Waals surface area contributed by atoms with Gasteiger partial charge in [-0.15, -0.1) is 0 Å². The van der Waals surface area contributed by atoms with Gasteiger partial charge in [0.1, 0.15) is 0 Å². The summed E-state index contributed by atoms with van der Waals surface area (Å²) in [6.07, 6.45) is 0. The number of H-pyrrole nitrogens is 1. The third-order valence-corrected chi connectivity index (χ3v) is 3.87. The van der Waals surface area contributed by atoms with E-state index in [1.54, 1.807) is 0 Å². The first kappa shape index (κ1) is 13.1. The summed E-state index contributed by atoms with van der Waals surface area (Å²) in [5, 5.41) is 7.59. The van der Waals surface area contributed by atoms with Crippen molar-refractivity contribution >= 4 is 15.9 Å². The minimum absolute atomic E-state index is 0.974. The van der Waals surface area contributed by atoms with Gasteiger partial charge in [0.15, 0.2) is 0 Å². The van der Waals surface area contributed by atoms with Gasteiger partial charge in [-0.25, -0.2) is 0 Å². The fourth-order valence-corrected chi connectivity index (χ4v) is 3.23. The van der Waals surface area contributed by atoms with Crippen LogP contribution in [0.15, 0.2) is 53.0 Å². The molecule has 0 saturated carbocycles. The topological polar surface area (TPSA) is 28.7 Å². The molecule has 0 atom stereocenters. The Morgan fingerprint density at radius 3 is 2.25 bits per heavy atom. The second-order valence-electron chi connectivity index (χ2n) is 4.95. The number of hydrogen-bond donors (Lipinski definition) is 1. The van der Waals surface area contributed by atoms with Crippen LogP contribution < -0.4 is 0 Å². The van der Waals surface area contributed by atoms with Gasteiger partial charge in [0.05, 0.1) is 11.4 Å². The van der Waals surface area contributed by atoms with E-state index in [9.17, 15) is 0 Å². The zero-order chi connectivity index (χ0) is 14.1. The number of halogens is 1. The highest BCUT2D eigenvalue weighted by Gasteiger charge is 2.11. The largest absolute Gasteiger partial charge is 0.277 e. The highest BCUT2D eigenvalue weighted by Crippen LogP contribution is 2.31. The van der Waals surface area contributed by atoms with Crippen LogP contribution in [-0.2, 0) is 0 Å². The molecule has 0 saturated heterocycles. The predicted octanol–water partition coefficient (Wildman–Crippen LogP) is 5.12. The molecule has 0 spiro atoms. The monoisotopic (exact) mass is 326 g/mol. The van der Waals surface area contributed by atoms with E-state index in [1.165, 1.54) is 16.7 Å². The molecule has 20 heavy (non-hydrogen) atoms. The summed E-state index contributed by atoms with van der Waals surface area (Å²) in [6, 6.07) is 16.6. The minimum Gasteiger partial charge on any atom is -0.277 e. The van der Waals surface area contributed by atoms with Crippen LogP contribution in [0.4, 0.5) is 0 Å². The lowest BCUT2D eigenvalue weighted by molar-refractivity contribution is 1.09. The van der Waals surface area contributed by atoms with Crippen molar-refractivity contribution in [1.29, 1.82) is 0 Å². The van der Waals surface area contributed by atoms with Crippen molar-refractivity contribution in [2.45, 2.75) is 13.8 Å². The van der Waals surface area contributed by atoms with Crippen molar-refractivity contribution < 1.29 is 0 Å². The molecule has 2 nitrogen and oxygen atoms in total. The van der Waals surface area contributed by atoms with E-state index in [1.807, 2.05) is 18.2 Å². The molecule has 0 aliphatic carbocycles. The molecular weight excluding hydrogens is 312 g/mol. The molecule has 0 amide bonds. The first-order valence-electron chi connectivity index (χ1n) is 6.53. The zero-order valence-electron chi connectivity index (χ0n) is 11.4. The van der Waals surface area contributed by atoms with Crippen LogP contribution in [0.25, 0.3) is 22.5 Å². The van der Waals surface area contributed by atoms with Gasteiger partial charge in [-0.05, 0) is 43.2 Å².